The second kappa shape index (κ2) is 8.09. The topological polar surface area (TPSA) is 88.3 Å². The number of aromatic nitrogens is 3. The van der Waals surface area contributed by atoms with Crippen molar-refractivity contribution in [3.05, 3.63) is 83.1 Å². The van der Waals surface area contributed by atoms with Crippen molar-refractivity contribution in [3.63, 3.8) is 0 Å². The molecule has 5 rings (SSSR count). The second-order valence-electron chi connectivity index (χ2n) is 7.08. The van der Waals surface area contributed by atoms with E-state index in [4.69, 9.17) is 19.7 Å². The van der Waals surface area contributed by atoms with Crippen LogP contribution in [0.5, 0.6) is 5.75 Å². The highest BCUT2D eigenvalue weighted by molar-refractivity contribution is 7.98. The highest BCUT2D eigenvalue weighted by Crippen LogP contribution is 2.39. The van der Waals surface area contributed by atoms with Crippen molar-refractivity contribution in [2.75, 3.05) is 5.84 Å². The third-order valence-electron chi connectivity index (χ3n) is 5.02. The molecule has 2 aromatic carbocycles. The quantitative estimate of drug-likeness (QED) is 0.360. The zero-order valence-electron chi connectivity index (χ0n) is 16.6. The van der Waals surface area contributed by atoms with Crippen LogP contribution in [0.3, 0.4) is 0 Å². The average Bonchev–Trinajstić information content (AvgIpc) is 3.37. The van der Waals surface area contributed by atoms with Crippen LogP contribution in [-0.2, 0) is 17.1 Å². The van der Waals surface area contributed by atoms with Crippen LogP contribution in [-0.4, -0.2) is 14.9 Å². The first-order valence-corrected chi connectivity index (χ1v) is 10.6. The van der Waals surface area contributed by atoms with Crippen LogP contribution in [0.25, 0.3) is 11.4 Å². The summed E-state index contributed by atoms with van der Waals surface area (Å²) in [5.41, 5.74) is 3.05. The lowest BCUT2D eigenvalue weighted by Gasteiger charge is -2.28. The normalized spacial score (nSPS) is 15.5. The molecule has 158 valence electrons. The zero-order chi connectivity index (χ0) is 21.4. The largest absolute Gasteiger partial charge is 0.469 e. The minimum absolute atomic E-state index is 0.265. The Hall–Kier alpha value is -3.30. The van der Waals surface area contributed by atoms with E-state index in [0.29, 0.717) is 39.4 Å². The maximum Gasteiger partial charge on any atom is 0.227 e. The second-order valence-corrected chi connectivity index (χ2v) is 8.02. The summed E-state index contributed by atoms with van der Waals surface area (Å²) in [6.45, 7) is 2.10. The van der Waals surface area contributed by atoms with E-state index in [1.165, 1.54) is 28.6 Å². The minimum Gasteiger partial charge on any atom is -0.469 e. The first-order valence-electron chi connectivity index (χ1n) is 9.62. The molecule has 1 atom stereocenters. The molecule has 0 aliphatic carbocycles. The highest BCUT2D eigenvalue weighted by Gasteiger charge is 2.25. The van der Waals surface area contributed by atoms with Crippen molar-refractivity contribution in [1.29, 1.82) is 0 Å². The molecule has 0 saturated heterocycles. The number of hydrogen-bond donors (Lipinski definition) is 1. The van der Waals surface area contributed by atoms with Gasteiger partial charge in [-0.2, -0.15) is 0 Å². The molecule has 7 nitrogen and oxygen atoms in total. The number of halogens is 1. The molecule has 0 fully saturated rings. The van der Waals surface area contributed by atoms with Gasteiger partial charge < -0.3 is 19.7 Å². The van der Waals surface area contributed by atoms with Gasteiger partial charge in [0.15, 0.2) is 5.82 Å². The standard InChI is InChI=1S/C22H19FN4O3S/c1-13-18(7-8-28-13)20-25-26-22(27(20)24)31-12-16-10-17(23)9-15-11-29-21(30-19(15)16)14-5-3-2-4-6-14/h2-10,21H,11-12,24H2,1H3. The Bertz CT molecular complexity index is 1220. The number of ether oxygens (including phenoxy) is 2. The third-order valence-corrected chi connectivity index (χ3v) is 6.01. The lowest BCUT2D eigenvalue weighted by Crippen LogP contribution is -2.19. The maximum atomic E-state index is 14.2. The first-order chi connectivity index (χ1) is 15.1. The predicted molar refractivity (Wildman–Crippen MR) is 113 cm³/mol. The van der Waals surface area contributed by atoms with Gasteiger partial charge in [-0.3, -0.25) is 0 Å². The number of nitrogens with zero attached hydrogens (tertiary/aromatic N) is 3. The Morgan fingerprint density at radius 1 is 1.19 bits per heavy atom. The number of furan rings is 1. The minimum atomic E-state index is -0.545. The SMILES string of the molecule is Cc1occc1-c1nnc(SCc2cc(F)cc3c2OC(c2ccccc2)OC3)n1N. The summed E-state index contributed by atoms with van der Waals surface area (Å²) >= 11 is 1.35. The summed E-state index contributed by atoms with van der Waals surface area (Å²) in [6.07, 6.45) is 1.03. The molecule has 31 heavy (non-hydrogen) atoms. The molecule has 0 amide bonds. The smallest absolute Gasteiger partial charge is 0.227 e. The number of hydrogen-bond acceptors (Lipinski definition) is 7. The molecule has 0 bridgehead atoms. The Morgan fingerprint density at radius 2 is 2.03 bits per heavy atom. The van der Waals surface area contributed by atoms with Crippen LogP contribution in [0.4, 0.5) is 4.39 Å². The number of nitrogen functional groups attached to an aromatic ring is 1. The van der Waals surface area contributed by atoms with E-state index in [9.17, 15) is 4.39 Å². The molecule has 3 heterocycles. The fourth-order valence-electron chi connectivity index (χ4n) is 3.48. The molecular formula is C22H19FN4O3S. The van der Waals surface area contributed by atoms with Crippen molar-refractivity contribution in [2.45, 2.75) is 30.7 Å². The van der Waals surface area contributed by atoms with Gasteiger partial charge in [0, 0.05) is 22.4 Å². The van der Waals surface area contributed by atoms with E-state index < -0.39 is 6.29 Å². The van der Waals surface area contributed by atoms with Crippen molar-refractivity contribution >= 4 is 11.8 Å². The zero-order valence-corrected chi connectivity index (χ0v) is 17.4. The van der Waals surface area contributed by atoms with E-state index in [1.54, 1.807) is 12.3 Å². The van der Waals surface area contributed by atoms with Gasteiger partial charge in [0.25, 0.3) is 0 Å². The molecule has 2 aromatic heterocycles. The molecule has 0 radical (unpaired) electrons. The van der Waals surface area contributed by atoms with Crippen molar-refractivity contribution in [3.8, 4) is 17.1 Å². The Morgan fingerprint density at radius 3 is 2.81 bits per heavy atom. The Labute approximate surface area is 182 Å². The maximum absolute atomic E-state index is 14.2. The molecule has 0 spiro atoms. The lowest BCUT2D eigenvalue weighted by atomic mass is 10.1. The van der Waals surface area contributed by atoms with Crippen molar-refractivity contribution in [2.24, 2.45) is 0 Å². The summed E-state index contributed by atoms with van der Waals surface area (Å²) in [5.74, 6) is 8.09. The molecule has 1 unspecified atom stereocenters. The third kappa shape index (κ3) is 3.77. The van der Waals surface area contributed by atoms with Crippen LogP contribution in [0.1, 0.15) is 28.7 Å². The van der Waals surface area contributed by atoms with Crippen LogP contribution >= 0.6 is 11.8 Å². The number of rotatable bonds is 5. The van der Waals surface area contributed by atoms with E-state index in [2.05, 4.69) is 10.2 Å². The van der Waals surface area contributed by atoms with Gasteiger partial charge in [-0.1, -0.05) is 42.1 Å². The van der Waals surface area contributed by atoms with E-state index in [1.807, 2.05) is 37.3 Å². The molecule has 9 heteroatoms. The predicted octanol–water partition coefficient (Wildman–Crippen LogP) is 4.60. The van der Waals surface area contributed by atoms with E-state index in [-0.39, 0.29) is 12.4 Å². The van der Waals surface area contributed by atoms with Gasteiger partial charge in [0.05, 0.1) is 18.4 Å². The van der Waals surface area contributed by atoms with Gasteiger partial charge in [-0.05, 0) is 25.1 Å². The monoisotopic (exact) mass is 438 g/mol. The van der Waals surface area contributed by atoms with Crippen molar-refractivity contribution < 1.29 is 18.3 Å². The van der Waals surface area contributed by atoms with Gasteiger partial charge in [0.2, 0.25) is 11.4 Å². The molecular weight excluding hydrogens is 419 g/mol. The van der Waals surface area contributed by atoms with Gasteiger partial charge in [-0.15, -0.1) is 10.2 Å². The van der Waals surface area contributed by atoms with Gasteiger partial charge >= 0.3 is 0 Å². The summed E-state index contributed by atoms with van der Waals surface area (Å²) < 4.78 is 32.9. The van der Waals surface area contributed by atoms with Crippen LogP contribution in [0.15, 0.2) is 64.4 Å². The first kappa shape index (κ1) is 19.7. The van der Waals surface area contributed by atoms with Gasteiger partial charge in [-0.25, -0.2) is 9.07 Å². The van der Waals surface area contributed by atoms with E-state index in [0.717, 1.165) is 11.1 Å². The van der Waals surface area contributed by atoms with Crippen LogP contribution in [0, 0.1) is 12.7 Å². The number of thioether (sulfide) groups is 1. The molecule has 1 aliphatic heterocycles. The molecule has 2 N–H and O–H groups in total. The van der Waals surface area contributed by atoms with Crippen molar-refractivity contribution in [1.82, 2.24) is 14.9 Å². The fourth-order valence-corrected chi connectivity index (χ4v) is 4.30. The molecule has 0 saturated carbocycles. The number of aryl methyl sites for hydroxylation is 1. The number of benzene rings is 2. The number of nitrogens with two attached hydrogens (primary N) is 1. The summed E-state index contributed by atoms with van der Waals surface area (Å²) in [5, 5.41) is 8.85. The Kier molecular flexibility index (Phi) is 5.13. The summed E-state index contributed by atoms with van der Waals surface area (Å²) in [4.78, 5) is 0. The Balaban J connectivity index is 1.39. The molecule has 1 aliphatic rings. The summed E-state index contributed by atoms with van der Waals surface area (Å²) in [7, 11) is 0. The lowest BCUT2D eigenvalue weighted by molar-refractivity contribution is -0.112. The molecule has 4 aromatic rings. The fraction of sp³-hybridized carbons (Fsp3) is 0.182. The van der Waals surface area contributed by atoms with E-state index >= 15 is 0 Å². The van der Waals surface area contributed by atoms with Crippen LogP contribution < -0.4 is 10.6 Å². The summed E-state index contributed by atoms with van der Waals surface area (Å²) in [6, 6.07) is 14.3. The van der Waals surface area contributed by atoms with Gasteiger partial charge in [0.1, 0.15) is 17.3 Å². The highest BCUT2D eigenvalue weighted by atomic mass is 32.2. The number of fused-ring (bicyclic) bond motifs is 1. The van der Waals surface area contributed by atoms with Crippen LogP contribution in [0.2, 0.25) is 0 Å². The average molecular weight is 438 g/mol.